The Morgan fingerprint density at radius 2 is 1.83 bits per heavy atom. The number of ether oxygens (including phenoxy) is 2. The average molecular weight is 326 g/mol. The lowest BCUT2D eigenvalue weighted by molar-refractivity contribution is 0.230. The van der Waals surface area contributed by atoms with Gasteiger partial charge in [0.2, 0.25) is 0 Å². The predicted molar refractivity (Wildman–Crippen MR) is 102 cm³/mol. The first-order valence-corrected chi connectivity index (χ1v) is 7.82. The monoisotopic (exact) mass is 326 g/mol. The van der Waals surface area contributed by atoms with Crippen molar-refractivity contribution >= 4 is 16.5 Å². The van der Waals surface area contributed by atoms with Gasteiger partial charge in [-0.1, -0.05) is 18.7 Å². The highest BCUT2D eigenvalue weighted by Crippen LogP contribution is 2.33. The number of methoxy groups -OCH3 is 1. The number of hydrogen-bond donors (Lipinski definition) is 0. The highest BCUT2D eigenvalue weighted by molar-refractivity contribution is 5.86. The van der Waals surface area contributed by atoms with E-state index in [1.165, 1.54) is 0 Å². The Kier molecular flexibility index (Phi) is 7.18. The van der Waals surface area contributed by atoms with E-state index in [0.29, 0.717) is 17.3 Å². The van der Waals surface area contributed by atoms with Crippen LogP contribution in [0.2, 0.25) is 0 Å². The van der Waals surface area contributed by atoms with Crippen LogP contribution in [-0.2, 0) is 0 Å². The molecule has 2 rings (SSSR count). The zero-order valence-electron chi connectivity index (χ0n) is 15.2. The van der Waals surface area contributed by atoms with Gasteiger partial charge in [-0.05, 0) is 33.8 Å². The molecule has 0 unspecified atom stereocenters. The van der Waals surface area contributed by atoms with Crippen molar-refractivity contribution in [1.82, 2.24) is 9.97 Å². The zero-order valence-corrected chi connectivity index (χ0v) is 15.2. The van der Waals surface area contributed by atoms with E-state index in [1.807, 2.05) is 45.9 Å². The van der Waals surface area contributed by atoms with Crippen molar-refractivity contribution in [2.45, 2.75) is 33.8 Å². The summed E-state index contributed by atoms with van der Waals surface area (Å²) in [6, 6.07) is 3.83. The molecule has 0 saturated carbocycles. The number of rotatable bonds is 5. The molecule has 0 spiro atoms. The van der Waals surface area contributed by atoms with Gasteiger partial charge in [-0.25, -0.2) is 9.97 Å². The highest BCUT2D eigenvalue weighted by atomic mass is 16.5. The SMILES string of the molecule is C=C.C=C/C(=C\C)c1nc(C)c2cc(OC(C)C)c(OC)cc2n1. The molecule has 128 valence electrons. The van der Waals surface area contributed by atoms with Crippen molar-refractivity contribution in [2.24, 2.45) is 0 Å². The van der Waals surface area contributed by atoms with Crippen LogP contribution in [0.25, 0.3) is 16.5 Å². The molecule has 2 aromatic rings. The van der Waals surface area contributed by atoms with Gasteiger partial charge in [0.1, 0.15) is 0 Å². The third-order valence-corrected chi connectivity index (χ3v) is 3.32. The molecule has 4 heteroatoms. The number of fused-ring (bicyclic) bond motifs is 1. The van der Waals surface area contributed by atoms with E-state index in [4.69, 9.17) is 9.47 Å². The number of aromatic nitrogens is 2. The van der Waals surface area contributed by atoms with E-state index in [9.17, 15) is 0 Å². The second kappa shape index (κ2) is 8.87. The Labute approximate surface area is 144 Å². The summed E-state index contributed by atoms with van der Waals surface area (Å²) in [6.45, 7) is 17.7. The molecule has 1 aromatic heterocycles. The van der Waals surface area contributed by atoms with Gasteiger partial charge in [-0.15, -0.1) is 13.2 Å². The molecular weight excluding hydrogens is 300 g/mol. The van der Waals surface area contributed by atoms with Crippen LogP contribution in [-0.4, -0.2) is 23.2 Å². The van der Waals surface area contributed by atoms with E-state index in [-0.39, 0.29) is 6.10 Å². The van der Waals surface area contributed by atoms with Gasteiger partial charge in [0, 0.05) is 22.7 Å². The smallest absolute Gasteiger partial charge is 0.162 e. The fourth-order valence-electron chi connectivity index (χ4n) is 2.26. The summed E-state index contributed by atoms with van der Waals surface area (Å²) in [5, 5.41) is 0.958. The maximum atomic E-state index is 5.81. The van der Waals surface area contributed by atoms with Crippen LogP contribution in [0, 0.1) is 6.92 Å². The topological polar surface area (TPSA) is 44.2 Å². The lowest BCUT2D eigenvalue weighted by Gasteiger charge is -2.15. The van der Waals surface area contributed by atoms with Gasteiger partial charge >= 0.3 is 0 Å². The van der Waals surface area contributed by atoms with Crippen LogP contribution in [0.3, 0.4) is 0 Å². The maximum absolute atomic E-state index is 5.81. The Bertz CT molecular complexity index is 749. The molecule has 0 radical (unpaired) electrons. The standard InChI is InChI=1S/C18H22N2O2.C2H4/c1-7-13(8-2)18-19-12(5)14-9-17(22-11(3)4)16(21-6)10-15(14)20-18;1-2/h7-11H,1H2,2-6H3;1-2H2/b13-8+;. The Morgan fingerprint density at radius 3 is 2.33 bits per heavy atom. The van der Waals surface area contributed by atoms with Crippen LogP contribution in [0.4, 0.5) is 0 Å². The van der Waals surface area contributed by atoms with Gasteiger partial charge in [0.15, 0.2) is 17.3 Å². The van der Waals surface area contributed by atoms with E-state index < -0.39 is 0 Å². The quantitative estimate of drug-likeness (QED) is 0.564. The van der Waals surface area contributed by atoms with Gasteiger partial charge in [-0.2, -0.15) is 0 Å². The minimum atomic E-state index is 0.0715. The van der Waals surface area contributed by atoms with Crippen molar-refractivity contribution in [3.05, 3.63) is 55.5 Å². The maximum Gasteiger partial charge on any atom is 0.162 e. The van der Waals surface area contributed by atoms with E-state index in [0.717, 1.165) is 22.2 Å². The summed E-state index contributed by atoms with van der Waals surface area (Å²) in [4.78, 5) is 9.19. The Balaban J connectivity index is 0.00000139. The average Bonchev–Trinajstić information content (AvgIpc) is 2.57. The van der Waals surface area contributed by atoms with Crippen LogP contribution < -0.4 is 9.47 Å². The molecule has 0 aliphatic carbocycles. The fraction of sp³-hybridized carbons (Fsp3) is 0.300. The number of aryl methyl sites for hydroxylation is 1. The summed E-state index contributed by atoms with van der Waals surface area (Å²) in [7, 11) is 1.63. The van der Waals surface area contributed by atoms with Gasteiger partial charge < -0.3 is 9.47 Å². The van der Waals surface area contributed by atoms with Crippen molar-refractivity contribution in [3.8, 4) is 11.5 Å². The van der Waals surface area contributed by atoms with Crippen LogP contribution >= 0.6 is 0 Å². The molecule has 0 aliphatic rings. The normalized spacial score (nSPS) is 11.0. The second-order valence-corrected chi connectivity index (χ2v) is 5.27. The van der Waals surface area contributed by atoms with E-state index >= 15 is 0 Å². The highest BCUT2D eigenvalue weighted by Gasteiger charge is 2.13. The Hall–Kier alpha value is -2.62. The van der Waals surface area contributed by atoms with Crippen molar-refractivity contribution < 1.29 is 9.47 Å². The number of nitrogens with zero attached hydrogens (tertiary/aromatic N) is 2. The van der Waals surface area contributed by atoms with E-state index in [1.54, 1.807) is 13.2 Å². The number of benzene rings is 1. The third kappa shape index (κ3) is 4.22. The molecular formula is C20H26N2O2. The number of allylic oxidation sites excluding steroid dienone is 3. The van der Waals surface area contributed by atoms with Crippen molar-refractivity contribution in [3.63, 3.8) is 0 Å². The zero-order chi connectivity index (χ0) is 18.3. The second-order valence-electron chi connectivity index (χ2n) is 5.27. The summed E-state index contributed by atoms with van der Waals surface area (Å²) < 4.78 is 11.2. The molecule has 0 amide bonds. The molecule has 24 heavy (non-hydrogen) atoms. The van der Waals surface area contributed by atoms with Crippen LogP contribution in [0.5, 0.6) is 11.5 Å². The first kappa shape index (κ1) is 19.4. The summed E-state index contributed by atoms with van der Waals surface area (Å²) in [5.41, 5.74) is 2.64. The molecule has 4 nitrogen and oxygen atoms in total. The Morgan fingerprint density at radius 1 is 1.17 bits per heavy atom. The lowest BCUT2D eigenvalue weighted by atomic mass is 10.1. The molecule has 0 fully saturated rings. The van der Waals surface area contributed by atoms with E-state index in [2.05, 4.69) is 29.7 Å². The van der Waals surface area contributed by atoms with Crippen molar-refractivity contribution in [1.29, 1.82) is 0 Å². The first-order valence-electron chi connectivity index (χ1n) is 7.82. The molecule has 0 N–H and O–H groups in total. The summed E-state index contributed by atoms with van der Waals surface area (Å²) in [5.74, 6) is 2.05. The van der Waals surface area contributed by atoms with Gasteiger partial charge in [0.05, 0.1) is 18.7 Å². The van der Waals surface area contributed by atoms with Gasteiger partial charge in [-0.3, -0.25) is 0 Å². The van der Waals surface area contributed by atoms with Crippen LogP contribution in [0.1, 0.15) is 32.3 Å². The first-order chi connectivity index (χ1) is 11.5. The summed E-state index contributed by atoms with van der Waals surface area (Å²) >= 11 is 0. The molecule has 0 atom stereocenters. The van der Waals surface area contributed by atoms with Gasteiger partial charge in [0.25, 0.3) is 0 Å². The fourth-order valence-corrected chi connectivity index (χ4v) is 2.26. The third-order valence-electron chi connectivity index (χ3n) is 3.32. The predicted octanol–water partition coefficient (Wildman–Crippen LogP) is 5.13. The lowest BCUT2D eigenvalue weighted by Crippen LogP contribution is -2.07. The minimum absolute atomic E-state index is 0.0715. The largest absolute Gasteiger partial charge is 0.493 e. The molecule has 0 aliphatic heterocycles. The molecule has 1 heterocycles. The van der Waals surface area contributed by atoms with Crippen LogP contribution in [0.15, 0.2) is 44.0 Å². The molecule has 0 bridgehead atoms. The van der Waals surface area contributed by atoms with Crippen molar-refractivity contribution in [2.75, 3.05) is 7.11 Å². The minimum Gasteiger partial charge on any atom is -0.493 e. The molecule has 0 saturated heterocycles. The molecule has 1 aromatic carbocycles. The number of hydrogen-bond acceptors (Lipinski definition) is 4. The summed E-state index contributed by atoms with van der Waals surface area (Å²) in [6.07, 6.45) is 3.78.